The van der Waals surface area contributed by atoms with Crippen LogP contribution in [0.1, 0.15) is 34.3 Å². The molecule has 1 aliphatic rings. The number of aryl methyl sites for hydroxylation is 2. The Kier molecular flexibility index (Phi) is 9.01. The highest BCUT2D eigenvalue weighted by Crippen LogP contribution is 2.20. The molecule has 1 aromatic carbocycles. The summed E-state index contributed by atoms with van der Waals surface area (Å²) in [7, 11) is 0. The maximum Gasteiger partial charge on any atom is 0.252 e. The van der Waals surface area contributed by atoms with Crippen LogP contribution >= 0.6 is 0 Å². The van der Waals surface area contributed by atoms with Crippen molar-refractivity contribution in [1.29, 1.82) is 0 Å². The second-order valence-electron chi connectivity index (χ2n) is 8.59. The van der Waals surface area contributed by atoms with E-state index in [1.54, 1.807) is 25.1 Å². The van der Waals surface area contributed by atoms with Crippen LogP contribution in [0, 0.1) is 13.8 Å². The largest absolute Gasteiger partial charge is 0.491 e. The molecule has 0 aliphatic carbocycles. The fraction of sp³-hybridized carbons (Fsp3) is 0.458. The summed E-state index contributed by atoms with van der Waals surface area (Å²) >= 11 is 0. The number of aliphatic hydroxyl groups excluding tert-OH is 1. The summed E-state index contributed by atoms with van der Waals surface area (Å²) in [6.07, 6.45) is -1.29. The summed E-state index contributed by atoms with van der Waals surface area (Å²) in [5.74, 6) is -1.19. The normalized spacial score (nSPS) is 18.8. The molecule has 0 saturated heterocycles. The van der Waals surface area contributed by atoms with Gasteiger partial charge in [0.2, 0.25) is 17.7 Å². The van der Waals surface area contributed by atoms with Crippen molar-refractivity contribution < 1.29 is 33.5 Å². The number of carbonyl (C=O) groups excluding carboxylic acids is 4. The molecule has 2 atom stereocenters. The first-order valence-electron chi connectivity index (χ1n) is 11.6. The molecule has 0 fully saturated rings. The lowest BCUT2D eigenvalue weighted by molar-refractivity contribution is -0.136. The average Bonchev–Trinajstić information content (AvgIpc) is 3.23. The number of amides is 4. The van der Waals surface area contributed by atoms with Crippen LogP contribution in [0.5, 0.6) is 5.75 Å². The van der Waals surface area contributed by atoms with Crippen LogP contribution in [0.15, 0.2) is 28.8 Å². The predicted octanol–water partition coefficient (Wildman–Crippen LogP) is -0.533. The van der Waals surface area contributed by atoms with Crippen LogP contribution in [0.4, 0.5) is 0 Å². The molecular weight excluding hydrogens is 470 g/mol. The van der Waals surface area contributed by atoms with Crippen molar-refractivity contribution in [2.45, 2.75) is 39.3 Å². The van der Waals surface area contributed by atoms with Gasteiger partial charge >= 0.3 is 0 Å². The minimum Gasteiger partial charge on any atom is -0.491 e. The van der Waals surface area contributed by atoms with Crippen molar-refractivity contribution in [3.63, 3.8) is 0 Å². The smallest absolute Gasteiger partial charge is 0.252 e. The number of hydrogen-bond donors (Lipinski definition) is 4. The van der Waals surface area contributed by atoms with Gasteiger partial charge in [0.25, 0.3) is 5.91 Å². The predicted molar refractivity (Wildman–Crippen MR) is 127 cm³/mol. The molecule has 2 aromatic rings. The third-order valence-electron chi connectivity index (χ3n) is 5.55. The standard InChI is InChI=1S/C24H31N5O7/c1-14-4-5-17-11-19(14)35-9-7-25-20(31)13-29(21(32)12-18-10-15(2)28-36-18)8-6-26-24(34)22(16(3)30)27-23(17)33/h4-5,10-11,16,22,30H,6-9,12-13H2,1-3H3,(H,25,31)(H,26,34)(H,27,33)/t16-,22+/m1/s1. The zero-order valence-corrected chi connectivity index (χ0v) is 20.5. The quantitative estimate of drug-likeness (QED) is 0.436. The lowest BCUT2D eigenvalue weighted by Crippen LogP contribution is -2.53. The van der Waals surface area contributed by atoms with E-state index in [0.717, 1.165) is 5.56 Å². The van der Waals surface area contributed by atoms with E-state index in [2.05, 4.69) is 21.1 Å². The SMILES string of the molecule is Cc1cc(CC(=O)N2CCNC(=O)[C@H]([C@@H](C)O)NC(=O)c3ccc(C)c(c3)OCCNC(=O)C2)on1. The number of rotatable bonds is 3. The Labute approximate surface area is 208 Å². The molecule has 0 spiro atoms. The zero-order chi connectivity index (χ0) is 26.2. The molecule has 0 saturated carbocycles. The molecule has 1 aliphatic heterocycles. The van der Waals surface area contributed by atoms with Gasteiger partial charge in [-0.1, -0.05) is 11.2 Å². The first kappa shape index (κ1) is 26.7. The van der Waals surface area contributed by atoms with Gasteiger partial charge in [0, 0.05) is 24.7 Å². The highest BCUT2D eigenvalue weighted by molar-refractivity contribution is 5.98. The van der Waals surface area contributed by atoms with Crippen molar-refractivity contribution in [1.82, 2.24) is 26.0 Å². The van der Waals surface area contributed by atoms with E-state index in [0.29, 0.717) is 17.2 Å². The molecule has 36 heavy (non-hydrogen) atoms. The summed E-state index contributed by atoms with van der Waals surface area (Å²) in [4.78, 5) is 52.2. The van der Waals surface area contributed by atoms with E-state index in [1.165, 1.54) is 17.9 Å². The number of fused-ring (bicyclic) bond motifs is 2. The van der Waals surface area contributed by atoms with Gasteiger partial charge in [-0.2, -0.15) is 0 Å². The maximum atomic E-state index is 12.9. The Morgan fingerprint density at radius 3 is 2.67 bits per heavy atom. The van der Waals surface area contributed by atoms with Gasteiger partial charge in [-0.25, -0.2) is 0 Å². The Bertz CT molecular complexity index is 1110. The Morgan fingerprint density at radius 2 is 1.97 bits per heavy atom. The number of benzene rings is 1. The van der Waals surface area contributed by atoms with Gasteiger partial charge in [0.15, 0.2) is 0 Å². The van der Waals surface area contributed by atoms with Crippen LogP contribution in [-0.2, 0) is 20.8 Å². The van der Waals surface area contributed by atoms with Crippen LogP contribution in [0.25, 0.3) is 0 Å². The number of ether oxygens (including phenoxy) is 1. The molecule has 1 aromatic heterocycles. The van der Waals surface area contributed by atoms with E-state index in [1.807, 2.05) is 6.92 Å². The first-order chi connectivity index (χ1) is 17.1. The van der Waals surface area contributed by atoms with Crippen LogP contribution in [-0.4, -0.2) is 83.7 Å². The highest BCUT2D eigenvalue weighted by atomic mass is 16.5. The van der Waals surface area contributed by atoms with E-state index >= 15 is 0 Å². The Hall–Kier alpha value is -3.93. The number of carbonyl (C=O) groups is 4. The summed E-state index contributed by atoms with van der Waals surface area (Å²) in [5.41, 5.74) is 1.65. The second-order valence-corrected chi connectivity index (χ2v) is 8.59. The summed E-state index contributed by atoms with van der Waals surface area (Å²) in [5, 5.41) is 21.7. The molecular formula is C24H31N5O7. The minimum absolute atomic E-state index is 0.00975. The van der Waals surface area contributed by atoms with Gasteiger partial charge in [0.1, 0.15) is 24.2 Å². The molecule has 0 unspecified atom stereocenters. The fourth-order valence-corrected chi connectivity index (χ4v) is 3.58. The van der Waals surface area contributed by atoms with E-state index < -0.39 is 35.8 Å². The molecule has 0 radical (unpaired) electrons. The molecule has 194 valence electrons. The first-order valence-corrected chi connectivity index (χ1v) is 11.6. The lowest BCUT2D eigenvalue weighted by atomic mass is 10.1. The monoisotopic (exact) mass is 501 g/mol. The molecule has 3 rings (SSSR count). The fourth-order valence-electron chi connectivity index (χ4n) is 3.58. The molecule has 2 bridgehead atoms. The van der Waals surface area contributed by atoms with E-state index in [-0.39, 0.29) is 44.8 Å². The average molecular weight is 502 g/mol. The van der Waals surface area contributed by atoms with Crippen LogP contribution in [0.2, 0.25) is 0 Å². The van der Waals surface area contributed by atoms with E-state index in [4.69, 9.17) is 9.26 Å². The Morgan fingerprint density at radius 1 is 1.19 bits per heavy atom. The van der Waals surface area contributed by atoms with Gasteiger partial charge < -0.3 is 35.2 Å². The summed E-state index contributed by atoms with van der Waals surface area (Å²) in [6, 6.07) is 5.22. The van der Waals surface area contributed by atoms with Crippen molar-refractivity contribution in [3.05, 3.63) is 46.8 Å². The summed E-state index contributed by atoms with van der Waals surface area (Å²) in [6.45, 7) is 5.00. The van der Waals surface area contributed by atoms with Crippen molar-refractivity contribution in [2.24, 2.45) is 0 Å². The van der Waals surface area contributed by atoms with Gasteiger partial charge in [-0.05, 0) is 38.5 Å². The molecule has 12 nitrogen and oxygen atoms in total. The Balaban J connectivity index is 1.78. The minimum atomic E-state index is -1.23. The van der Waals surface area contributed by atoms with E-state index in [9.17, 15) is 24.3 Å². The lowest BCUT2D eigenvalue weighted by Gasteiger charge is -2.24. The number of aromatic nitrogens is 1. The number of aliphatic hydroxyl groups is 1. The maximum absolute atomic E-state index is 12.9. The van der Waals surface area contributed by atoms with Crippen LogP contribution in [0.3, 0.4) is 0 Å². The second kappa shape index (κ2) is 12.2. The van der Waals surface area contributed by atoms with Gasteiger partial charge in [0.05, 0.1) is 31.3 Å². The molecule has 4 amide bonds. The topological polar surface area (TPSA) is 163 Å². The van der Waals surface area contributed by atoms with Crippen molar-refractivity contribution in [3.8, 4) is 5.75 Å². The van der Waals surface area contributed by atoms with Crippen molar-refractivity contribution >= 4 is 23.6 Å². The number of hydrogen-bond acceptors (Lipinski definition) is 8. The van der Waals surface area contributed by atoms with Crippen molar-refractivity contribution in [2.75, 3.05) is 32.8 Å². The number of nitrogens with zero attached hydrogens (tertiary/aromatic N) is 2. The molecule has 2 heterocycles. The van der Waals surface area contributed by atoms with Gasteiger partial charge in [-0.3, -0.25) is 19.2 Å². The molecule has 4 N–H and O–H groups in total. The molecule has 12 heteroatoms. The third-order valence-corrected chi connectivity index (χ3v) is 5.55. The zero-order valence-electron chi connectivity index (χ0n) is 20.5. The number of nitrogens with one attached hydrogen (secondary N) is 3. The van der Waals surface area contributed by atoms with Crippen LogP contribution < -0.4 is 20.7 Å². The highest BCUT2D eigenvalue weighted by Gasteiger charge is 2.27. The third kappa shape index (κ3) is 7.28. The summed E-state index contributed by atoms with van der Waals surface area (Å²) < 4.78 is 10.8. The van der Waals surface area contributed by atoms with Gasteiger partial charge in [-0.15, -0.1) is 0 Å².